The summed E-state index contributed by atoms with van der Waals surface area (Å²) in [5, 5.41) is 0.613. The second kappa shape index (κ2) is 6.74. The maximum absolute atomic E-state index is 13.0. The summed E-state index contributed by atoms with van der Waals surface area (Å²) in [7, 11) is 0. The lowest BCUT2D eigenvalue weighted by molar-refractivity contribution is 0.0979. The third kappa shape index (κ3) is 3.22. The summed E-state index contributed by atoms with van der Waals surface area (Å²) >= 11 is 1.47. The number of pyridine rings is 1. The van der Waals surface area contributed by atoms with Gasteiger partial charge in [-0.3, -0.25) is 19.7 Å². The van der Waals surface area contributed by atoms with Crippen molar-refractivity contribution in [1.82, 2.24) is 19.9 Å². The number of benzene rings is 1. The number of carbonyl (C=O) groups excluding carboxylic acids is 1. The predicted molar refractivity (Wildman–Crippen MR) is 96.4 cm³/mol. The summed E-state index contributed by atoms with van der Waals surface area (Å²) in [6.07, 6.45) is 6.21. The summed E-state index contributed by atoms with van der Waals surface area (Å²) in [6.45, 7) is 0.316. The Labute approximate surface area is 147 Å². The van der Waals surface area contributed by atoms with Crippen molar-refractivity contribution < 1.29 is 4.79 Å². The quantitative estimate of drug-likeness (QED) is 0.566. The third-order valence-corrected chi connectivity index (χ3v) is 4.65. The van der Waals surface area contributed by atoms with Crippen LogP contribution in [0.25, 0.3) is 10.2 Å². The Morgan fingerprint density at radius 3 is 2.64 bits per heavy atom. The molecule has 0 spiro atoms. The molecular weight excluding hydrogens is 334 g/mol. The molecule has 0 N–H and O–H groups in total. The molecule has 4 aromatic rings. The zero-order valence-corrected chi connectivity index (χ0v) is 13.9. The van der Waals surface area contributed by atoms with Gasteiger partial charge in [0, 0.05) is 18.6 Å². The van der Waals surface area contributed by atoms with Crippen molar-refractivity contribution in [3.05, 3.63) is 78.6 Å². The van der Waals surface area contributed by atoms with Crippen LogP contribution in [0.4, 0.5) is 5.13 Å². The van der Waals surface area contributed by atoms with Crippen LogP contribution in [-0.4, -0.2) is 25.8 Å². The molecule has 0 saturated heterocycles. The van der Waals surface area contributed by atoms with Gasteiger partial charge in [-0.1, -0.05) is 29.5 Å². The van der Waals surface area contributed by atoms with Gasteiger partial charge in [-0.15, -0.1) is 0 Å². The maximum Gasteiger partial charge on any atom is 0.280 e. The Hall–Kier alpha value is -3.19. The van der Waals surface area contributed by atoms with E-state index in [2.05, 4.69) is 19.9 Å². The molecule has 122 valence electrons. The molecule has 1 amide bonds. The zero-order valence-electron chi connectivity index (χ0n) is 13.1. The van der Waals surface area contributed by atoms with Crippen molar-refractivity contribution in [3.63, 3.8) is 0 Å². The molecule has 0 aliphatic carbocycles. The first-order valence-corrected chi connectivity index (χ1v) is 8.46. The molecule has 0 fully saturated rings. The van der Waals surface area contributed by atoms with Crippen molar-refractivity contribution >= 4 is 32.6 Å². The number of hydrogen-bond acceptors (Lipinski definition) is 6. The molecule has 6 nitrogen and oxygen atoms in total. The molecule has 7 heteroatoms. The lowest BCUT2D eigenvalue weighted by atomic mass is 10.3. The molecule has 0 aliphatic heterocycles. The van der Waals surface area contributed by atoms with Crippen LogP contribution >= 0.6 is 11.3 Å². The molecule has 1 aromatic carbocycles. The van der Waals surface area contributed by atoms with E-state index in [0.29, 0.717) is 11.7 Å². The Morgan fingerprint density at radius 1 is 1.00 bits per heavy atom. The number of carbonyl (C=O) groups is 1. The molecule has 0 saturated carbocycles. The largest absolute Gasteiger partial charge is 0.280 e. The number of fused-ring (bicyclic) bond motifs is 1. The highest BCUT2D eigenvalue weighted by atomic mass is 32.1. The lowest BCUT2D eigenvalue weighted by Crippen LogP contribution is -2.31. The minimum atomic E-state index is -0.252. The standard InChI is InChI=1S/C18H13N5OS/c24-17(15-11-19-9-10-21-15)23(12-13-5-3-4-8-20-13)18-22-14-6-1-2-7-16(14)25-18/h1-11H,12H2. The fraction of sp³-hybridized carbons (Fsp3) is 0.0556. The van der Waals surface area contributed by atoms with Gasteiger partial charge in [-0.25, -0.2) is 9.97 Å². The molecule has 4 rings (SSSR count). The van der Waals surface area contributed by atoms with Gasteiger partial charge in [0.25, 0.3) is 5.91 Å². The molecule has 3 aromatic heterocycles. The fourth-order valence-electron chi connectivity index (χ4n) is 2.40. The van der Waals surface area contributed by atoms with E-state index in [9.17, 15) is 4.79 Å². The molecular formula is C18H13N5OS. The number of para-hydroxylation sites is 1. The topological polar surface area (TPSA) is 71.9 Å². The molecule has 0 atom stereocenters. The summed E-state index contributed by atoms with van der Waals surface area (Å²) in [6, 6.07) is 13.4. The van der Waals surface area contributed by atoms with Gasteiger partial charge < -0.3 is 0 Å². The zero-order chi connectivity index (χ0) is 17.1. The molecule has 25 heavy (non-hydrogen) atoms. The first-order chi connectivity index (χ1) is 12.3. The molecule has 0 aliphatic rings. The van der Waals surface area contributed by atoms with Crippen molar-refractivity contribution in [1.29, 1.82) is 0 Å². The summed E-state index contributed by atoms with van der Waals surface area (Å²) in [4.78, 5) is 31.6. The smallest absolute Gasteiger partial charge is 0.276 e. The number of aromatic nitrogens is 4. The highest BCUT2D eigenvalue weighted by Gasteiger charge is 2.23. The van der Waals surface area contributed by atoms with Crippen LogP contribution in [0.15, 0.2) is 67.3 Å². The van der Waals surface area contributed by atoms with Crippen LogP contribution in [-0.2, 0) is 6.54 Å². The predicted octanol–water partition coefficient (Wildman–Crippen LogP) is 3.33. The van der Waals surface area contributed by atoms with Crippen LogP contribution in [0.1, 0.15) is 16.2 Å². The number of rotatable bonds is 4. The average Bonchev–Trinajstić information content (AvgIpc) is 3.11. The van der Waals surface area contributed by atoms with E-state index in [4.69, 9.17) is 0 Å². The van der Waals surface area contributed by atoms with E-state index in [0.717, 1.165) is 15.9 Å². The van der Waals surface area contributed by atoms with Gasteiger partial charge in [-0.2, -0.15) is 0 Å². The Bertz CT molecular complexity index is 971. The van der Waals surface area contributed by atoms with E-state index in [1.165, 1.54) is 29.9 Å². The van der Waals surface area contributed by atoms with E-state index in [-0.39, 0.29) is 11.6 Å². The number of amides is 1. The Morgan fingerprint density at radius 2 is 1.88 bits per heavy atom. The van der Waals surface area contributed by atoms with E-state index < -0.39 is 0 Å². The molecule has 0 bridgehead atoms. The molecule has 3 heterocycles. The number of hydrogen-bond donors (Lipinski definition) is 0. The van der Waals surface area contributed by atoms with Gasteiger partial charge in [0.05, 0.1) is 28.7 Å². The highest BCUT2D eigenvalue weighted by molar-refractivity contribution is 7.22. The van der Waals surface area contributed by atoms with Crippen LogP contribution in [0, 0.1) is 0 Å². The lowest BCUT2D eigenvalue weighted by Gasteiger charge is -2.18. The van der Waals surface area contributed by atoms with Crippen molar-refractivity contribution in [2.75, 3.05) is 4.90 Å². The summed E-state index contributed by atoms with van der Waals surface area (Å²) in [5.74, 6) is -0.252. The maximum atomic E-state index is 13.0. The number of thiazole rings is 1. The van der Waals surface area contributed by atoms with E-state index in [1.54, 1.807) is 11.1 Å². The summed E-state index contributed by atoms with van der Waals surface area (Å²) < 4.78 is 1.02. The van der Waals surface area contributed by atoms with Crippen molar-refractivity contribution in [2.24, 2.45) is 0 Å². The second-order valence-corrected chi connectivity index (χ2v) is 6.28. The third-order valence-electron chi connectivity index (χ3n) is 3.59. The van der Waals surface area contributed by atoms with Crippen molar-refractivity contribution in [2.45, 2.75) is 6.54 Å². The van der Waals surface area contributed by atoms with Gasteiger partial charge in [0.2, 0.25) is 0 Å². The Balaban J connectivity index is 1.76. The summed E-state index contributed by atoms with van der Waals surface area (Å²) in [5.41, 5.74) is 1.91. The van der Waals surface area contributed by atoms with Gasteiger partial charge in [0.15, 0.2) is 5.13 Å². The SMILES string of the molecule is O=C(c1cnccn1)N(Cc1ccccn1)c1nc2ccccc2s1. The normalized spacial score (nSPS) is 10.7. The van der Waals surface area contributed by atoms with E-state index >= 15 is 0 Å². The number of nitrogens with zero attached hydrogens (tertiary/aromatic N) is 5. The van der Waals surface area contributed by atoms with Gasteiger partial charge in [-0.05, 0) is 24.3 Å². The van der Waals surface area contributed by atoms with Crippen LogP contribution in [0.3, 0.4) is 0 Å². The van der Waals surface area contributed by atoms with Gasteiger partial charge in [0.1, 0.15) is 5.69 Å². The minimum Gasteiger partial charge on any atom is -0.276 e. The van der Waals surface area contributed by atoms with Crippen LogP contribution in [0.2, 0.25) is 0 Å². The monoisotopic (exact) mass is 347 g/mol. The fourth-order valence-corrected chi connectivity index (χ4v) is 3.37. The van der Waals surface area contributed by atoms with Crippen LogP contribution in [0.5, 0.6) is 0 Å². The first kappa shape index (κ1) is 15.3. The molecule has 0 unspecified atom stereocenters. The van der Waals surface area contributed by atoms with Crippen LogP contribution < -0.4 is 4.90 Å². The average molecular weight is 347 g/mol. The Kier molecular flexibility index (Phi) is 4.14. The first-order valence-electron chi connectivity index (χ1n) is 7.64. The second-order valence-electron chi connectivity index (χ2n) is 5.27. The minimum absolute atomic E-state index is 0.252. The molecule has 0 radical (unpaired) electrons. The van der Waals surface area contributed by atoms with Crippen molar-refractivity contribution in [3.8, 4) is 0 Å². The highest BCUT2D eigenvalue weighted by Crippen LogP contribution is 2.30. The van der Waals surface area contributed by atoms with E-state index in [1.807, 2.05) is 42.5 Å². The van der Waals surface area contributed by atoms with Gasteiger partial charge >= 0.3 is 0 Å². The number of anilines is 1.